The Morgan fingerprint density at radius 1 is 1.47 bits per heavy atom. The molecule has 0 spiro atoms. The Morgan fingerprint density at radius 2 is 2.21 bits per heavy atom. The highest BCUT2D eigenvalue weighted by molar-refractivity contribution is 5.88. The van der Waals surface area contributed by atoms with Gasteiger partial charge in [-0.25, -0.2) is 14.8 Å². The number of carboxylic acids is 1. The van der Waals surface area contributed by atoms with Crippen LogP contribution in [-0.4, -0.2) is 27.1 Å². The third-order valence-electron chi connectivity index (χ3n) is 3.97. The zero-order valence-corrected chi connectivity index (χ0v) is 11.3. The molecule has 1 saturated carbocycles. The zero-order chi connectivity index (χ0) is 13.7. The fourth-order valence-corrected chi connectivity index (χ4v) is 2.73. The summed E-state index contributed by atoms with van der Waals surface area (Å²) in [5, 5.41) is 12.5. The average Bonchev–Trinajstić information content (AvgIpc) is 2.46. The summed E-state index contributed by atoms with van der Waals surface area (Å²) in [6.45, 7) is 2.67. The summed E-state index contributed by atoms with van der Waals surface area (Å²) in [5.74, 6) is -0.272. The topological polar surface area (TPSA) is 75.1 Å². The molecule has 2 rings (SSSR count). The summed E-state index contributed by atoms with van der Waals surface area (Å²) in [6.07, 6.45) is 9.26. The van der Waals surface area contributed by atoms with Crippen LogP contribution in [0.5, 0.6) is 0 Å². The number of rotatable bonds is 5. The maximum Gasteiger partial charge on any atom is 0.339 e. The summed E-state index contributed by atoms with van der Waals surface area (Å²) in [6, 6.07) is 0.400. The zero-order valence-electron chi connectivity index (χ0n) is 11.3. The number of carboxylic acid groups (broad SMARTS) is 1. The number of nitrogens with one attached hydrogen (secondary N) is 1. The van der Waals surface area contributed by atoms with Gasteiger partial charge >= 0.3 is 5.97 Å². The minimum absolute atomic E-state index is 0.186. The molecular formula is C14H21N3O2. The first kappa shape index (κ1) is 13.9. The predicted molar refractivity (Wildman–Crippen MR) is 71.9 cm³/mol. The lowest BCUT2D eigenvalue weighted by Crippen LogP contribution is -2.34. The number of aromatic carboxylic acids is 1. The standard InChI is InChI=1S/C14H21N3O2/c1-10(11-5-3-2-4-6-11)16-8-13-12(14(18)19)7-15-9-17-13/h7,9-11,16H,2-6,8H2,1H3,(H,18,19). The van der Waals surface area contributed by atoms with E-state index in [2.05, 4.69) is 22.2 Å². The van der Waals surface area contributed by atoms with E-state index in [1.54, 1.807) is 0 Å². The van der Waals surface area contributed by atoms with E-state index in [4.69, 9.17) is 5.11 Å². The summed E-state index contributed by atoms with van der Waals surface area (Å²) >= 11 is 0. The van der Waals surface area contributed by atoms with Crippen molar-refractivity contribution in [3.05, 3.63) is 23.8 Å². The second-order valence-electron chi connectivity index (χ2n) is 5.26. The largest absolute Gasteiger partial charge is 0.478 e. The van der Waals surface area contributed by atoms with Gasteiger partial charge in [-0.2, -0.15) is 0 Å². The number of aromatic nitrogens is 2. The highest BCUT2D eigenvalue weighted by Crippen LogP contribution is 2.26. The maximum atomic E-state index is 11.1. The molecule has 2 N–H and O–H groups in total. The highest BCUT2D eigenvalue weighted by Gasteiger charge is 2.20. The van der Waals surface area contributed by atoms with Gasteiger partial charge in [0.25, 0.3) is 0 Å². The summed E-state index contributed by atoms with van der Waals surface area (Å²) in [5.41, 5.74) is 0.746. The van der Waals surface area contributed by atoms with Crippen LogP contribution in [0.3, 0.4) is 0 Å². The van der Waals surface area contributed by atoms with Crippen molar-refractivity contribution in [2.45, 2.75) is 51.6 Å². The van der Waals surface area contributed by atoms with Crippen molar-refractivity contribution in [2.24, 2.45) is 5.92 Å². The fourth-order valence-electron chi connectivity index (χ4n) is 2.73. The van der Waals surface area contributed by atoms with E-state index in [1.165, 1.54) is 44.6 Å². The van der Waals surface area contributed by atoms with Crippen LogP contribution in [0.15, 0.2) is 12.5 Å². The van der Waals surface area contributed by atoms with Gasteiger partial charge < -0.3 is 10.4 Å². The Bertz CT molecular complexity index is 430. The van der Waals surface area contributed by atoms with Crippen LogP contribution in [-0.2, 0) is 6.54 Å². The highest BCUT2D eigenvalue weighted by atomic mass is 16.4. The van der Waals surface area contributed by atoms with Crippen LogP contribution in [0.25, 0.3) is 0 Å². The van der Waals surface area contributed by atoms with Gasteiger partial charge in [-0.05, 0) is 25.7 Å². The van der Waals surface area contributed by atoms with Crippen LogP contribution >= 0.6 is 0 Å². The third-order valence-corrected chi connectivity index (χ3v) is 3.97. The summed E-state index contributed by atoms with van der Waals surface area (Å²) in [7, 11) is 0. The molecule has 0 amide bonds. The molecule has 0 aromatic carbocycles. The quantitative estimate of drug-likeness (QED) is 0.852. The van der Waals surface area contributed by atoms with E-state index in [1.807, 2.05) is 0 Å². The molecule has 1 aromatic rings. The van der Waals surface area contributed by atoms with Gasteiger partial charge in [-0.3, -0.25) is 0 Å². The molecule has 1 unspecified atom stereocenters. The molecular weight excluding hydrogens is 242 g/mol. The Morgan fingerprint density at radius 3 is 2.89 bits per heavy atom. The molecule has 1 fully saturated rings. The molecule has 5 heteroatoms. The SMILES string of the molecule is CC(NCc1ncncc1C(=O)O)C1CCCCC1. The first-order chi connectivity index (χ1) is 9.18. The van der Waals surface area contributed by atoms with E-state index in [0.717, 1.165) is 0 Å². The summed E-state index contributed by atoms with van der Waals surface area (Å²) in [4.78, 5) is 18.9. The first-order valence-corrected chi connectivity index (χ1v) is 6.94. The van der Waals surface area contributed by atoms with Crippen molar-refractivity contribution in [1.29, 1.82) is 0 Å². The molecule has 1 aliphatic carbocycles. The van der Waals surface area contributed by atoms with Crippen molar-refractivity contribution in [1.82, 2.24) is 15.3 Å². The number of hydrogen-bond donors (Lipinski definition) is 2. The Kier molecular flexibility index (Phi) is 4.85. The van der Waals surface area contributed by atoms with Gasteiger partial charge in [0, 0.05) is 18.8 Å². The van der Waals surface area contributed by atoms with Gasteiger partial charge in [0.1, 0.15) is 11.9 Å². The van der Waals surface area contributed by atoms with E-state index >= 15 is 0 Å². The van der Waals surface area contributed by atoms with Gasteiger partial charge in [0.2, 0.25) is 0 Å². The summed E-state index contributed by atoms with van der Waals surface area (Å²) < 4.78 is 0. The molecule has 0 aliphatic heterocycles. The molecule has 1 heterocycles. The van der Waals surface area contributed by atoms with Crippen LogP contribution < -0.4 is 5.32 Å². The Hall–Kier alpha value is -1.49. The van der Waals surface area contributed by atoms with Crippen molar-refractivity contribution in [2.75, 3.05) is 0 Å². The second-order valence-corrected chi connectivity index (χ2v) is 5.26. The van der Waals surface area contributed by atoms with Crippen molar-refractivity contribution < 1.29 is 9.90 Å². The van der Waals surface area contributed by atoms with Gasteiger partial charge in [-0.1, -0.05) is 19.3 Å². The molecule has 0 saturated heterocycles. The predicted octanol–water partition coefficient (Wildman–Crippen LogP) is 2.23. The molecule has 1 aromatic heterocycles. The molecule has 19 heavy (non-hydrogen) atoms. The molecule has 5 nitrogen and oxygen atoms in total. The lowest BCUT2D eigenvalue weighted by molar-refractivity contribution is 0.0694. The minimum Gasteiger partial charge on any atom is -0.478 e. The second kappa shape index (κ2) is 6.61. The first-order valence-electron chi connectivity index (χ1n) is 6.94. The average molecular weight is 263 g/mol. The fraction of sp³-hybridized carbons (Fsp3) is 0.643. The lowest BCUT2D eigenvalue weighted by atomic mass is 9.84. The van der Waals surface area contributed by atoms with Crippen molar-refractivity contribution >= 4 is 5.97 Å². The smallest absolute Gasteiger partial charge is 0.339 e. The van der Waals surface area contributed by atoms with Crippen molar-refractivity contribution in [3.63, 3.8) is 0 Å². The van der Waals surface area contributed by atoms with E-state index < -0.39 is 5.97 Å². The van der Waals surface area contributed by atoms with E-state index in [-0.39, 0.29) is 5.56 Å². The van der Waals surface area contributed by atoms with Gasteiger partial charge in [0.15, 0.2) is 0 Å². The minimum atomic E-state index is -0.970. The molecule has 1 atom stereocenters. The maximum absolute atomic E-state index is 11.1. The van der Waals surface area contributed by atoms with Crippen LogP contribution in [0.2, 0.25) is 0 Å². The number of carbonyl (C=O) groups is 1. The molecule has 0 radical (unpaired) electrons. The Balaban J connectivity index is 1.92. The van der Waals surface area contributed by atoms with E-state index in [9.17, 15) is 4.79 Å². The van der Waals surface area contributed by atoms with Gasteiger partial charge in [0.05, 0.1) is 5.69 Å². The monoisotopic (exact) mass is 263 g/mol. The third kappa shape index (κ3) is 3.73. The van der Waals surface area contributed by atoms with Crippen LogP contribution in [0, 0.1) is 5.92 Å². The van der Waals surface area contributed by atoms with E-state index in [0.29, 0.717) is 24.2 Å². The molecule has 104 valence electrons. The van der Waals surface area contributed by atoms with Crippen LogP contribution in [0.4, 0.5) is 0 Å². The molecule has 0 bridgehead atoms. The molecule has 1 aliphatic rings. The normalized spacial score (nSPS) is 18.2. The number of nitrogens with zero attached hydrogens (tertiary/aromatic N) is 2. The van der Waals surface area contributed by atoms with Gasteiger partial charge in [-0.15, -0.1) is 0 Å². The van der Waals surface area contributed by atoms with Crippen LogP contribution in [0.1, 0.15) is 55.1 Å². The Labute approximate surface area is 113 Å². The lowest BCUT2D eigenvalue weighted by Gasteiger charge is -2.28. The number of hydrogen-bond acceptors (Lipinski definition) is 4. The van der Waals surface area contributed by atoms with Crippen molar-refractivity contribution in [3.8, 4) is 0 Å².